The summed E-state index contributed by atoms with van der Waals surface area (Å²) in [7, 11) is 0. The maximum Gasteiger partial charge on any atom is 0.277 e. The van der Waals surface area contributed by atoms with Crippen molar-refractivity contribution in [3.05, 3.63) is 71.8 Å². The molecule has 0 bridgehead atoms. The van der Waals surface area contributed by atoms with Crippen molar-refractivity contribution in [3.63, 3.8) is 0 Å². The van der Waals surface area contributed by atoms with Crippen LogP contribution in [0, 0.1) is 0 Å². The Morgan fingerprint density at radius 3 is 2.38 bits per heavy atom. The summed E-state index contributed by atoms with van der Waals surface area (Å²) >= 11 is 0. The number of benzene rings is 1. The third-order valence-electron chi connectivity index (χ3n) is 3.64. The van der Waals surface area contributed by atoms with Gasteiger partial charge in [0.25, 0.3) is 5.91 Å². The molecule has 122 valence electrons. The summed E-state index contributed by atoms with van der Waals surface area (Å²) < 4.78 is 1.66. The molecule has 6 nitrogen and oxygen atoms in total. The van der Waals surface area contributed by atoms with Crippen LogP contribution in [-0.4, -0.2) is 25.9 Å². The quantitative estimate of drug-likeness (QED) is 0.784. The standard InChI is InChI=1S/C18H19N5O/c1-13(2)23-12-17(21-22-23)18(24)20-16-5-3-14(4-6-16)11-15-7-9-19-10-8-15/h3-10,12-13H,11H2,1-2H3,(H,20,24). The number of hydrogen-bond donors (Lipinski definition) is 1. The third-order valence-corrected chi connectivity index (χ3v) is 3.64. The molecule has 0 saturated heterocycles. The molecule has 1 amide bonds. The largest absolute Gasteiger partial charge is 0.321 e. The van der Waals surface area contributed by atoms with Crippen molar-refractivity contribution in [1.29, 1.82) is 0 Å². The molecule has 2 heterocycles. The van der Waals surface area contributed by atoms with E-state index in [0.717, 1.165) is 12.1 Å². The summed E-state index contributed by atoms with van der Waals surface area (Å²) in [6.07, 6.45) is 6.06. The highest BCUT2D eigenvalue weighted by atomic mass is 16.2. The molecule has 0 fully saturated rings. The van der Waals surface area contributed by atoms with Gasteiger partial charge in [0, 0.05) is 24.1 Å². The zero-order chi connectivity index (χ0) is 16.9. The van der Waals surface area contributed by atoms with E-state index in [1.807, 2.05) is 50.2 Å². The molecule has 0 aliphatic heterocycles. The van der Waals surface area contributed by atoms with E-state index in [9.17, 15) is 4.79 Å². The Kier molecular flexibility index (Phi) is 4.65. The van der Waals surface area contributed by atoms with Crippen LogP contribution in [0.5, 0.6) is 0 Å². The molecule has 0 saturated carbocycles. The van der Waals surface area contributed by atoms with Gasteiger partial charge in [0.05, 0.1) is 6.20 Å². The molecule has 0 spiro atoms. The van der Waals surface area contributed by atoms with E-state index in [0.29, 0.717) is 5.69 Å². The van der Waals surface area contributed by atoms with E-state index in [1.54, 1.807) is 23.3 Å². The molecule has 0 aliphatic carbocycles. The van der Waals surface area contributed by atoms with Gasteiger partial charge in [-0.15, -0.1) is 5.10 Å². The molecule has 0 radical (unpaired) electrons. The maximum atomic E-state index is 12.2. The van der Waals surface area contributed by atoms with Crippen molar-refractivity contribution < 1.29 is 4.79 Å². The molecule has 6 heteroatoms. The average molecular weight is 321 g/mol. The molecule has 3 aromatic rings. The Bertz CT molecular complexity index is 809. The highest BCUT2D eigenvalue weighted by molar-refractivity contribution is 6.02. The van der Waals surface area contributed by atoms with Gasteiger partial charge in [-0.05, 0) is 55.7 Å². The van der Waals surface area contributed by atoms with Crippen molar-refractivity contribution in [1.82, 2.24) is 20.0 Å². The first-order chi connectivity index (χ1) is 11.6. The topological polar surface area (TPSA) is 72.7 Å². The van der Waals surface area contributed by atoms with Crippen LogP contribution < -0.4 is 5.32 Å². The smallest absolute Gasteiger partial charge is 0.277 e. The second-order valence-electron chi connectivity index (χ2n) is 5.86. The zero-order valence-corrected chi connectivity index (χ0v) is 13.7. The van der Waals surface area contributed by atoms with Gasteiger partial charge in [-0.3, -0.25) is 9.78 Å². The Labute approximate surface area is 140 Å². The van der Waals surface area contributed by atoms with Gasteiger partial charge in [-0.1, -0.05) is 17.3 Å². The van der Waals surface area contributed by atoms with Crippen LogP contribution in [0.15, 0.2) is 55.0 Å². The first-order valence-corrected chi connectivity index (χ1v) is 7.83. The number of anilines is 1. The minimum atomic E-state index is -0.260. The SMILES string of the molecule is CC(C)n1cc(C(=O)Nc2ccc(Cc3ccncc3)cc2)nn1. The van der Waals surface area contributed by atoms with Crippen molar-refractivity contribution in [3.8, 4) is 0 Å². The fourth-order valence-corrected chi connectivity index (χ4v) is 2.27. The van der Waals surface area contributed by atoms with Crippen molar-refractivity contribution in [2.45, 2.75) is 26.3 Å². The van der Waals surface area contributed by atoms with Gasteiger partial charge >= 0.3 is 0 Å². The molecule has 2 aromatic heterocycles. The number of hydrogen-bond acceptors (Lipinski definition) is 4. The molecule has 1 aromatic carbocycles. The number of nitrogens with zero attached hydrogens (tertiary/aromatic N) is 4. The first kappa shape index (κ1) is 15.9. The Balaban J connectivity index is 1.64. The Morgan fingerprint density at radius 2 is 1.75 bits per heavy atom. The summed E-state index contributed by atoms with van der Waals surface area (Å²) in [6.45, 7) is 3.97. The van der Waals surface area contributed by atoms with Crippen molar-refractivity contribution >= 4 is 11.6 Å². The van der Waals surface area contributed by atoms with E-state index >= 15 is 0 Å². The molecule has 0 atom stereocenters. The Morgan fingerprint density at radius 1 is 1.08 bits per heavy atom. The van der Waals surface area contributed by atoms with Crippen LogP contribution in [0.1, 0.15) is 41.5 Å². The number of pyridine rings is 1. The lowest BCUT2D eigenvalue weighted by Gasteiger charge is -2.05. The van der Waals surface area contributed by atoms with Crippen molar-refractivity contribution in [2.24, 2.45) is 0 Å². The number of nitrogens with one attached hydrogen (secondary N) is 1. The lowest BCUT2D eigenvalue weighted by atomic mass is 10.1. The third kappa shape index (κ3) is 3.84. The average Bonchev–Trinajstić information content (AvgIpc) is 3.08. The summed E-state index contributed by atoms with van der Waals surface area (Å²) in [6, 6.07) is 11.9. The lowest BCUT2D eigenvalue weighted by molar-refractivity contribution is 0.102. The van der Waals surface area contributed by atoms with E-state index in [-0.39, 0.29) is 11.9 Å². The fourth-order valence-electron chi connectivity index (χ4n) is 2.27. The molecule has 24 heavy (non-hydrogen) atoms. The summed E-state index contributed by atoms with van der Waals surface area (Å²) in [5.41, 5.74) is 3.42. The van der Waals surface area contributed by atoms with E-state index in [2.05, 4.69) is 20.6 Å². The highest BCUT2D eigenvalue weighted by Gasteiger charge is 2.12. The number of carbonyl (C=O) groups is 1. The van der Waals surface area contributed by atoms with E-state index in [1.165, 1.54) is 11.1 Å². The van der Waals surface area contributed by atoms with Crippen molar-refractivity contribution in [2.75, 3.05) is 5.32 Å². The van der Waals surface area contributed by atoms with Gasteiger partial charge in [-0.2, -0.15) is 0 Å². The number of aromatic nitrogens is 4. The Hall–Kier alpha value is -3.02. The summed E-state index contributed by atoms with van der Waals surface area (Å²) in [5.74, 6) is -0.260. The first-order valence-electron chi connectivity index (χ1n) is 7.83. The predicted octanol–water partition coefficient (Wildman–Crippen LogP) is 3.10. The number of rotatable bonds is 5. The van der Waals surface area contributed by atoms with E-state index in [4.69, 9.17) is 0 Å². The monoisotopic (exact) mass is 321 g/mol. The van der Waals surface area contributed by atoms with Gasteiger partial charge in [-0.25, -0.2) is 4.68 Å². The van der Waals surface area contributed by atoms with Gasteiger partial charge in [0.1, 0.15) is 0 Å². The number of amides is 1. The molecule has 0 aliphatic rings. The molecule has 0 unspecified atom stereocenters. The second kappa shape index (κ2) is 7.04. The number of carbonyl (C=O) groups excluding carboxylic acids is 1. The van der Waals surface area contributed by atoms with Crippen LogP contribution in [-0.2, 0) is 6.42 Å². The van der Waals surface area contributed by atoms with Crippen LogP contribution >= 0.6 is 0 Å². The molecule has 3 rings (SSSR count). The van der Waals surface area contributed by atoms with Crippen LogP contribution in [0.3, 0.4) is 0 Å². The predicted molar refractivity (Wildman–Crippen MR) is 91.8 cm³/mol. The van der Waals surface area contributed by atoms with Crippen LogP contribution in [0.25, 0.3) is 0 Å². The normalized spacial score (nSPS) is 10.8. The zero-order valence-electron chi connectivity index (χ0n) is 13.7. The minimum Gasteiger partial charge on any atom is -0.321 e. The maximum absolute atomic E-state index is 12.2. The van der Waals surface area contributed by atoms with Gasteiger partial charge in [0.15, 0.2) is 5.69 Å². The fraction of sp³-hybridized carbons (Fsp3) is 0.222. The van der Waals surface area contributed by atoms with Gasteiger partial charge in [0.2, 0.25) is 0 Å². The minimum absolute atomic E-state index is 0.173. The molecule has 1 N–H and O–H groups in total. The lowest BCUT2D eigenvalue weighted by Crippen LogP contribution is -2.12. The summed E-state index contributed by atoms with van der Waals surface area (Å²) in [5, 5.41) is 10.7. The van der Waals surface area contributed by atoms with E-state index < -0.39 is 0 Å². The summed E-state index contributed by atoms with van der Waals surface area (Å²) in [4.78, 5) is 16.2. The highest BCUT2D eigenvalue weighted by Crippen LogP contribution is 2.14. The molecular weight excluding hydrogens is 302 g/mol. The van der Waals surface area contributed by atoms with Crippen LogP contribution in [0.2, 0.25) is 0 Å². The van der Waals surface area contributed by atoms with Gasteiger partial charge < -0.3 is 5.32 Å². The molecular formula is C18H19N5O. The van der Waals surface area contributed by atoms with Crippen LogP contribution in [0.4, 0.5) is 5.69 Å². The second-order valence-corrected chi connectivity index (χ2v) is 5.86.